The highest BCUT2D eigenvalue weighted by molar-refractivity contribution is 7.99. The Labute approximate surface area is 168 Å². The van der Waals surface area contributed by atoms with Gasteiger partial charge in [-0.3, -0.25) is 14.2 Å². The van der Waals surface area contributed by atoms with Crippen LogP contribution in [0.2, 0.25) is 0 Å². The molecule has 2 heterocycles. The molecule has 0 spiro atoms. The maximum atomic E-state index is 12.8. The Morgan fingerprint density at radius 2 is 1.96 bits per heavy atom. The van der Waals surface area contributed by atoms with E-state index in [1.165, 1.54) is 4.90 Å². The van der Waals surface area contributed by atoms with Gasteiger partial charge in [0.25, 0.3) is 11.5 Å². The van der Waals surface area contributed by atoms with E-state index in [1.54, 1.807) is 34.5 Å². The predicted molar refractivity (Wildman–Crippen MR) is 113 cm³/mol. The van der Waals surface area contributed by atoms with Gasteiger partial charge in [-0.05, 0) is 43.2 Å². The number of carbonyl (C=O) groups excluding carboxylic acids is 1. The number of amides is 1. The molecule has 1 aromatic heterocycles. The van der Waals surface area contributed by atoms with Gasteiger partial charge >= 0.3 is 0 Å². The molecule has 1 aliphatic rings. The van der Waals surface area contributed by atoms with Gasteiger partial charge in [-0.25, -0.2) is 4.98 Å². The molecule has 0 saturated heterocycles. The third kappa shape index (κ3) is 4.12. The first kappa shape index (κ1) is 18.7. The molecule has 1 N–H and O–H groups in total. The standard InChI is InChI=1S/C22H23N3O2S/c26-21(23-12-14-28-17-7-3-1-4-8-17)16-10-11-18-19(15-16)24-20-9-5-2-6-13-25(20)22(18)27/h1,3-4,7-8,10-11,15H,2,5-6,9,12-14H2,(H,23,26). The van der Waals surface area contributed by atoms with Gasteiger partial charge in [-0.15, -0.1) is 11.8 Å². The zero-order valence-electron chi connectivity index (χ0n) is 15.7. The number of rotatable bonds is 5. The zero-order valence-corrected chi connectivity index (χ0v) is 16.5. The van der Waals surface area contributed by atoms with E-state index < -0.39 is 0 Å². The number of nitrogens with zero attached hydrogens (tertiary/aromatic N) is 2. The Bertz CT molecular complexity index is 1050. The van der Waals surface area contributed by atoms with E-state index in [-0.39, 0.29) is 11.5 Å². The summed E-state index contributed by atoms with van der Waals surface area (Å²) in [5.74, 6) is 1.51. The van der Waals surface area contributed by atoms with Crippen LogP contribution in [-0.4, -0.2) is 27.8 Å². The van der Waals surface area contributed by atoms with E-state index in [1.807, 2.05) is 18.2 Å². The summed E-state index contributed by atoms with van der Waals surface area (Å²) >= 11 is 1.71. The summed E-state index contributed by atoms with van der Waals surface area (Å²) in [4.78, 5) is 31.2. The summed E-state index contributed by atoms with van der Waals surface area (Å²) in [6.07, 6.45) is 4.00. The minimum Gasteiger partial charge on any atom is -0.351 e. The summed E-state index contributed by atoms with van der Waals surface area (Å²) in [5.41, 5.74) is 1.17. The lowest BCUT2D eigenvalue weighted by Crippen LogP contribution is -2.27. The van der Waals surface area contributed by atoms with Crippen LogP contribution in [0.1, 0.15) is 35.4 Å². The first-order valence-electron chi connectivity index (χ1n) is 9.72. The van der Waals surface area contributed by atoms with E-state index in [4.69, 9.17) is 4.98 Å². The minimum absolute atomic E-state index is 0.00752. The fraction of sp³-hybridized carbons (Fsp3) is 0.318. The molecule has 5 nitrogen and oxygen atoms in total. The average molecular weight is 394 g/mol. The van der Waals surface area contributed by atoms with Gasteiger partial charge in [-0.2, -0.15) is 0 Å². The van der Waals surface area contributed by atoms with Crippen LogP contribution in [0.25, 0.3) is 10.9 Å². The monoisotopic (exact) mass is 393 g/mol. The first-order valence-corrected chi connectivity index (χ1v) is 10.7. The van der Waals surface area contributed by atoms with Crippen LogP contribution < -0.4 is 10.9 Å². The molecule has 3 aromatic rings. The number of thioether (sulfide) groups is 1. The van der Waals surface area contributed by atoms with Crippen molar-refractivity contribution in [1.29, 1.82) is 0 Å². The third-order valence-electron chi connectivity index (χ3n) is 4.98. The number of fused-ring (bicyclic) bond motifs is 2. The van der Waals surface area contributed by atoms with E-state index >= 15 is 0 Å². The molecule has 0 bridgehead atoms. The third-order valence-corrected chi connectivity index (χ3v) is 5.99. The molecule has 2 aromatic carbocycles. The number of carbonyl (C=O) groups is 1. The van der Waals surface area contributed by atoms with Crippen LogP contribution in [0.15, 0.2) is 58.2 Å². The van der Waals surface area contributed by atoms with Gasteiger partial charge in [0.15, 0.2) is 0 Å². The van der Waals surface area contributed by atoms with Crippen LogP contribution in [0.5, 0.6) is 0 Å². The number of benzene rings is 2. The lowest BCUT2D eigenvalue weighted by Gasteiger charge is -2.11. The van der Waals surface area contributed by atoms with Gasteiger partial charge in [0.2, 0.25) is 0 Å². The fourth-order valence-corrected chi connectivity index (χ4v) is 4.30. The number of aromatic nitrogens is 2. The minimum atomic E-state index is -0.132. The molecule has 0 saturated carbocycles. The summed E-state index contributed by atoms with van der Waals surface area (Å²) in [7, 11) is 0. The number of nitrogens with one attached hydrogen (secondary N) is 1. The number of hydrogen-bond acceptors (Lipinski definition) is 4. The molecule has 0 fully saturated rings. The van der Waals surface area contributed by atoms with Crippen LogP contribution in [-0.2, 0) is 13.0 Å². The maximum absolute atomic E-state index is 12.8. The summed E-state index contributed by atoms with van der Waals surface area (Å²) < 4.78 is 1.80. The van der Waals surface area contributed by atoms with Crippen LogP contribution in [0.3, 0.4) is 0 Å². The van der Waals surface area contributed by atoms with Crippen molar-refractivity contribution in [2.75, 3.05) is 12.3 Å². The SMILES string of the molecule is O=C(NCCSc1ccccc1)c1ccc2c(=O)n3c(nc2c1)CCCCC3. The van der Waals surface area contributed by atoms with E-state index in [2.05, 4.69) is 17.4 Å². The van der Waals surface area contributed by atoms with Crippen LogP contribution in [0.4, 0.5) is 0 Å². The van der Waals surface area contributed by atoms with Crippen LogP contribution in [0, 0.1) is 0 Å². The second kappa shape index (κ2) is 8.61. The van der Waals surface area contributed by atoms with Gasteiger partial charge < -0.3 is 5.32 Å². The van der Waals surface area contributed by atoms with Gasteiger partial charge in [0, 0.05) is 35.7 Å². The second-order valence-electron chi connectivity index (χ2n) is 6.94. The normalized spacial score (nSPS) is 13.7. The molecular formula is C22H23N3O2S. The average Bonchev–Trinajstić information content (AvgIpc) is 2.97. The number of aryl methyl sites for hydroxylation is 1. The molecule has 4 rings (SSSR count). The van der Waals surface area contributed by atoms with E-state index in [0.29, 0.717) is 23.0 Å². The summed E-state index contributed by atoms with van der Waals surface area (Å²) in [6, 6.07) is 15.3. The highest BCUT2D eigenvalue weighted by atomic mass is 32.2. The van der Waals surface area contributed by atoms with Gasteiger partial charge in [0.05, 0.1) is 10.9 Å². The second-order valence-corrected chi connectivity index (χ2v) is 8.11. The Morgan fingerprint density at radius 3 is 2.82 bits per heavy atom. The first-order chi connectivity index (χ1) is 13.7. The van der Waals surface area contributed by atoms with Crippen molar-refractivity contribution < 1.29 is 4.79 Å². The van der Waals surface area contributed by atoms with Gasteiger partial charge in [0.1, 0.15) is 5.82 Å². The molecule has 0 aliphatic carbocycles. The molecule has 1 aliphatic heterocycles. The molecular weight excluding hydrogens is 370 g/mol. The van der Waals surface area contributed by atoms with Gasteiger partial charge in [-0.1, -0.05) is 24.6 Å². The Balaban J connectivity index is 1.46. The number of hydrogen-bond donors (Lipinski definition) is 1. The van der Waals surface area contributed by atoms with Crippen molar-refractivity contribution in [3.8, 4) is 0 Å². The van der Waals surface area contributed by atoms with Crippen molar-refractivity contribution in [2.45, 2.75) is 37.1 Å². The Morgan fingerprint density at radius 1 is 1.11 bits per heavy atom. The maximum Gasteiger partial charge on any atom is 0.261 e. The Hall–Kier alpha value is -2.60. The van der Waals surface area contributed by atoms with Crippen LogP contribution >= 0.6 is 11.8 Å². The molecule has 0 radical (unpaired) electrons. The van der Waals surface area contributed by atoms with Crippen molar-refractivity contribution in [1.82, 2.24) is 14.9 Å². The van der Waals surface area contributed by atoms with Crippen molar-refractivity contribution in [2.24, 2.45) is 0 Å². The predicted octanol–water partition coefficient (Wildman–Crippen LogP) is 3.65. The summed E-state index contributed by atoms with van der Waals surface area (Å²) in [5, 5.41) is 3.53. The smallest absolute Gasteiger partial charge is 0.261 e. The molecule has 1 amide bonds. The van der Waals surface area contributed by atoms with Crippen molar-refractivity contribution >= 4 is 28.6 Å². The highest BCUT2D eigenvalue weighted by Crippen LogP contribution is 2.17. The molecule has 0 unspecified atom stereocenters. The van der Waals surface area contributed by atoms with E-state index in [9.17, 15) is 9.59 Å². The molecule has 6 heteroatoms. The Kier molecular flexibility index (Phi) is 5.76. The van der Waals surface area contributed by atoms with Crippen molar-refractivity contribution in [3.05, 3.63) is 70.3 Å². The molecule has 0 atom stereocenters. The largest absolute Gasteiger partial charge is 0.351 e. The molecule has 28 heavy (non-hydrogen) atoms. The lowest BCUT2D eigenvalue weighted by atomic mass is 10.1. The van der Waals surface area contributed by atoms with Crippen molar-refractivity contribution in [3.63, 3.8) is 0 Å². The van der Waals surface area contributed by atoms with E-state index in [0.717, 1.165) is 43.8 Å². The highest BCUT2D eigenvalue weighted by Gasteiger charge is 2.15. The summed E-state index contributed by atoms with van der Waals surface area (Å²) in [6.45, 7) is 1.31. The fourth-order valence-electron chi connectivity index (χ4n) is 3.51. The molecule has 144 valence electrons. The lowest BCUT2D eigenvalue weighted by molar-refractivity contribution is 0.0956. The topological polar surface area (TPSA) is 64.0 Å². The quantitative estimate of drug-likeness (QED) is 0.531. The zero-order chi connectivity index (χ0) is 19.3.